The van der Waals surface area contributed by atoms with E-state index in [1.807, 2.05) is 0 Å². The fraction of sp³-hybridized carbons (Fsp3) is 0.944. The van der Waals surface area contributed by atoms with Crippen LogP contribution in [-0.4, -0.2) is 227 Å². The van der Waals surface area contributed by atoms with Gasteiger partial charge in [0.25, 0.3) is 0 Å². The van der Waals surface area contributed by atoms with E-state index in [1.54, 1.807) is 0 Å². The van der Waals surface area contributed by atoms with Crippen molar-refractivity contribution in [3.05, 3.63) is 11.6 Å². The number of ether oxygens (including phenoxy) is 8. The van der Waals surface area contributed by atoms with E-state index in [2.05, 4.69) is 54.5 Å². The fourth-order valence-corrected chi connectivity index (χ4v) is 16.5. The number of rotatable bonds is 12. The summed E-state index contributed by atoms with van der Waals surface area (Å²) in [5, 5.41) is 155. The van der Waals surface area contributed by atoms with Crippen molar-refractivity contribution in [2.24, 2.45) is 50.2 Å². The molecule has 24 heteroatoms. The monoisotopic (exact) mass is 1130 g/mol. The van der Waals surface area contributed by atoms with Crippen LogP contribution in [0.3, 0.4) is 0 Å². The molecule has 4 saturated heterocycles. The summed E-state index contributed by atoms with van der Waals surface area (Å²) in [7, 11) is 0. The van der Waals surface area contributed by atoms with Crippen LogP contribution >= 0.6 is 0 Å². The van der Waals surface area contributed by atoms with Crippen LogP contribution in [0.5, 0.6) is 0 Å². The van der Waals surface area contributed by atoms with Gasteiger partial charge in [-0.3, -0.25) is 0 Å². The number of allylic oxidation sites excluding steroid dienone is 2. The van der Waals surface area contributed by atoms with Crippen LogP contribution in [0.2, 0.25) is 0 Å². The Bertz CT molecular complexity index is 2140. The van der Waals surface area contributed by atoms with Gasteiger partial charge in [-0.15, -0.1) is 0 Å². The summed E-state index contributed by atoms with van der Waals surface area (Å²) in [6.45, 7) is 15.6. The molecule has 0 aromatic heterocycles. The summed E-state index contributed by atoms with van der Waals surface area (Å²) in [6.07, 6.45) is -28.8. The Hall–Kier alpha value is -0.630. The number of carboxylic acids is 1. The van der Waals surface area contributed by atoms with Gasteiger partial charge in [-0.2, -0.15) is 0 Å². The average Bonchev–Trinajstić information content (AvgIpc) is 3.57. The van der Waals surface area contributed by atoms with Gasteiger partial charge in [0.05, 0.1) is 44.1 Å². The molecule has 9 aliphatic rings. The smallest absolute Gasteiger partial charge is 0.547 e. The number of aliphatic hydroxyl groups excluding tert-OH is 13. The van der Waals surface area contributed by atoms with Gasteiger partial charge in [0.1, 0.15) is 91.6 Å². The molecular weight excluding hydrogens is 1040 g/mol. The molecule has 0 aromatic carbocycles. The SMILES string of the molecule is C[C@@H]1O[C@@H](O[C@H]2[C@H](O[C@H]3CC[C@]4(C)[C@H]5CC=C6[C@@H]7CC(C)(C)CC[C@]7(CO)[C@H](O)C[C@@]6(C)[C@]5(C)CC[C@H]4C3(C)C)O[C@H](C(=O)[O-])[C@H](O[C@@H]3O[C@H](CO[C@@H]4O[C@H](CO)[C@@H](O)[C@H](O)[C@H]4O)[C@H](O)[C@H](O)[C@H]3O)[C@@H]2O)[C@H](O)[C@H](O)[C@H]1O.[Na+]. The quantitative estimate of drug-likeness (QED) is 0.0492. The van der Waals surface area contributed by atoms with E-state index in [0.717, 1.165) is 38.5 Å². The third-order valence-electron chi connectivity index (χ3n) is 21.5. The largest absolute Gasteiger partial charge is 1.00 e. The average molecular weight is 1130 g/mol. The molecule has 29 atom stereocenters. The van der Waals surface area contributed by atoms with E-state index in [0.29, 0.717) is 19.3 Å². The molecule has 5 aliphatic carbocycles. The first-order valence-corrected chi connectivity index (χ1v) is 27.7. The molecule has 13 N–H and O–H groups in total. The minimum absolute atomic E-state index is 0. The van der Waals surface area contributed by atoms with Crippen molar-refractivity contribution in [3.8, 4) is 0 Å². The maximum absolute atomic E-state index is 13.2. The Morgan fingerprint density at radius 2 is 1.22 bits per heavy atom. The predicted molar refractivity (Wildman–Crippen MR) is 261 cm³/mol. The molecule has 78 heavy (non-hydrogen) atoms. The third-order valence-corrected chi connectivity index (χ3v) is 21.5. The fourth-order valence-electron chi connectivity index (χ4n) is 16.5. The molecular formula is C54H87NaO23. The Morgan fingerprint density at radius 3 is 1.85 bits per heavy atom. The number of aliphatic carboxylic acids is 1. The minimum atomic E-state index is -2.22. The van der Waals surface area contributed by atoms with Crippen molar-refractivity contribution >= 4 is 5.97 Å². The van der Waals surface area contributed by atoms with Gasteiger partial charge in [-0.1, -0.05) is 60.1 Å². The van der Waals surface area contributed by atoms with Gasteiger partial charge in [0.15, 0.2) is 25.2 Å². The number of hydrogen-bond donors (Lipinski definition) is 13. The summed E-state index contributed by atoms with van der Waals surface area (Å²) in [5.74, 6) is -1.67. The zero-order valence-electron chi connectivity index (χ0n) is 46.4. The second kappa shape index (κ2) is 23.0. The molecule has 8 fully saturated rings. The zero-order valence-corrected chi connectivity index (χ0v) is 48.4. The third kappa shape index (κ3) is 10.4. The van der Waals surface area contributed by atoms with Crippen LogP contribution in [-0.2, 0) is 42.7 Å². The van der Waals surface area contributed by atoms with Crippen molar-refractivity contribution < 1.29 is 144 Å². The van der Waals surface area contributed by atoms with Crippen molar-refractivity contribution in [3.63, 3.8) is 0 Å². The number of aliphatic hydroxyl groups is 13. The minimum Gasteiger partial charge on any atom is -0.547 e. The van der Waals surface area contributed by atoms with E-state index in [4.69, 9.17) is 37.9 Å². The summed E-state index contributed by atoms with van der Waals surface area (Å²) in [5.41, 5.74) is -0.652. The standard InChI is InChI=1S/C54H88O23.Na/c1-22-31(58)34(61)38(65)46(71-22)76-42-40(67)41(75-47-39(66)36(63)33(60)26(73-47)20-70-45-37(64)35(62)32(59)25(19-55)72-45)43(44(68)69)77-48(42)74-30-12-13-51(6)27(50(30,4)5)11-14-52(7)28(51)10-9-23-24-17-49(2,3)15-16-54(24,21-56)29(57)18-53(23,52)8;/h9,22,24-43,45-48,55-67H,10-21H2,1-8H3,(H,68,69);/q;+1/p-1/t22-,24-,25+,26+,27-,28+,29+,30-,31-,32+,33-,34+,35-,36-,37+,38+,39+,40-,41+,42+,43-,45+,46-,47-,48+,51-,52+,53+,54+;/m0./s1. The number of carbonyl (C=O) groups is 1. The first kappa shape index (κ1) is 63.4. The van der Waals surface area contributed by atoms with E-state index >= 15 is 0 Å². The second-order valence-corrected chi connectivity index (χ2v) is 26.5. The van der Waals surface area contributed by atoms with Gasteiger partial charge in [-0.05, 0) is 110 Å². The molecule has 4 aliphatic heterocycles. The number of carboxylic acid groups (broad SMARTS) is 1. The van der Waals surface area contributed by atoms with Crippen LogP contribution in [0, 0.1) is 50.2 Å². The molecule has 0 unspecified atom stereocenters. The molecule has 0 amide bonds. The Morgan fingerprint density at radius 1 is 0.628 bits per heavy atom. The summed E-state index contributed by atoms with van der Waals surface area (Å²) in [4.78, 5) is 13.2. The summed E-state index contributed by atoms with van der Waals surface area (Å²) < 4.78 is 47.6. The van der Waals surface area contributed by atoms with Gasteiger partial charge in [0, 0.05) is 5.41 Å². The normalized spacial score (nSPS) is 53.8. The first-order chi connectivity index (χ1) is 35.9. The molecule has 4 heterocycles. The van der Waals surface area contributed by atoms with Gasteiger partial charge >= 0.3 is 29.6 Å². The topological polar surface area (TPSA) is 377 Å². The van der Waals surface area contributed by atoms with Crippen molar-refractivity contribution in [2.45, 2.75) is 248 Å². The van der Waals surface area contributed by atoms with Crippen LogP contribution in [0.15, 0.2) is 11.6 Å². The summed E-state index contributed by atoms with van der Waals surface area (Å²) >= 11 is 0. The Labute approximate surface area is 477 Å². The molecule has 0 radical (unpaired) electrons. The van der Waals surface area contributed by atoms with Gasteiger partial charge in [0.2, 0.25) is 0 Å². The number of hydrogen-bond acceptors (Lipinski definition) is 23. The predicted octanol–water partition coefficient (Wildman–Crippen LogP) is -5.80. The van der Waals surface area contributed by atoms with Crippen LogP contribution < -0.4 is 34.7 Å². The first-order valence-electron chi connectivity index (χ1n) is 27.7. The van der Waals surface area contributed by atoms with Crippen molar-refractivity contribution in [1.29, 1.82) is 0 Å². The molecule has 23 nitrogen and oxygen atoms in total. The molecule has 9 rings (SSSR count). The number of carbonyl (C=O) groups excluding carboxylic acids is 1. The van der Waals surface area contributed by atoms with E-state index < -0.39 is 165 Å². The zero-order chi connectivity index (χ0) is 56.4. The van der Waals surface area contributed by atoms with Crippen LogP contribution in [0.4, 0.5) is 0 Å². The van der Waals surface area contributed by atoms with Crippen LogP contribution in [0.25, 0.3) is 0 Å². The molecule has 442 valence electrons. The van der Waals surface area contributed by atoms with E-state index in [9.17, 15) is 76.3 Å². The maximum atomic E-state index is 13.2. The molecule has 4 saturated carbocycles. The van der Waals surface area contributed by atoms with Gasteiger partial charge in [-0.25, -0.2) is 0 Å². The van der Waals surface area contributed by atoms with Gasteiger partial charge < -0.3 is 114 Å². The molecule has 0 aromatic rings. The van der Waals surface area contributed by atoms with E-state index in [-0.39, 0.29) is 75.6 Å². The van der Waals surface area contributed by atoms with E-state index in [1.165, 1.54) is 12.5 Å². The Balaban J connectivity index is 0.00000803. The maximum Gasteiger partial charge on any atom is 1.00 e. The van der Waals surface area contributed by atoms with Crippen molar-refractivity contribution in [1.82, 2.24) is 0 Å². The Kier molecular flexibility index (Phi) is 18.7. The second-order valence-electron chi connectivity index (χ2n) is 26.5. The van der Waals surface area contributed by atoms with Crippen molar-refractivity contribution in [2.75, 3.05) is 19.8 Å². The molecule has 0 bridgehead atoms. The number of fused-ring (bicyclic) bond motifs is 7. The molecule has 0 spiro atoms. The summed E-state index contributed by atoms with van der Waals surface area (Å²) in [6, 6.07) is 0. The van der Waals surface area contributed by atoms with Crippen LogP contribution in [0.1, 0.15) is 113 Å².